The standard InChI is InChI=1S/C11H11N3O2/c12-6-8-1-2-9(7-13-10-3-4-10)11(5-8)14(15)16/h1-2,5,10,13H,3-4,7H2. The summed E-state index contributed by atoms with van der Waals surface area (Å²) < 4.78 is 0. The Morgan fingerprint density at radius 2 is 2.31 bits per heavy atom. The Labute approximate surface area is 92.8 Å². The highest BCUT2D eigenvalue weighted by atomic mass is 16.6. The molecule has 5 nitrogen and oxygen atoms in total. The van der Waals surface area contributed by atoms with E-state index in [-0.39, 0.29) is 5.69 Å². The molecule has 0 atom stereocenters. The SMILES string of the molecule is N#Cc1ccc(CNC2CC2)c([N+](=O)[O-])c1. The number of nitro groups is 1. The predicted molar refractivity (Wildman–Crippen MR) is 57.7 cm³/mol. The van der Waals surface area contributed by atoms with E-state index in [1.54, 1.807) is 12.1 Å². The van der Waals surface area contributed by atoms with Gasteiger partial charge in [0.2, 0.25) is 0 Å². The normalized spacial score (nSPS) is 14.4. The number of nitro benzene ring substituents is 1. The van der Waals surface area contributed by atoms with Gasteiger partial charge in [0.25, 0.3) is 5.69 Å². The molecule has 82 valence electrons. The van der Waals surface area contributed by atoms with Gasteiger partial charge >= 0.3 is 0 Å². The van der Waals surface area contributed by atoms with Crippen molar-refractivity contribution in [2.75, 3.05) is 0 Å². The van der Waals surface area contributed by atoms with Crippen molar-refractivity contribution in [2.45, 2.75) is 25.4 Å². The topological polar surface area (TPSA) is 79.0 Å². The molecule has 0 amide bonds. The maximum absolute atomic E-state index is 10.8. The molecule has 0 heterocycles. The molecule has 0 aliphatic heterocycles. The van der Waals surface area contributed by atoms with Gasteiger partial charge in [0, 0.05) is 24.2 Å². The highest BCUT2D eigenvalue weighted by molar-refractivity contribution is 5.47. The Morgan fingerprint density at radius 3 is 2.88 bits per heavy atom. The van der Waals surface area contributed by atoms with Crippen LogP contribution in [-0.4, -0.2) is 11.0 Å². The van der Waals surface area contributed by atoms with Crippen LogP contribution in [0.5, 0.6) is 0 Å². The van der Waals surface area contributed by atoms with E-state index in [1.807, 2.05) is 6.07 Å². The highest BCUT2D eigenvalue weighted by Gasteiger charge is 2.22. The van der Waals surface area contributed by atoms with E-state index in [9.17, 15) is 10.1 Å². The lowest BCUT2D eigenvalue weighted by Crippen LogP contribution is -2.16. The minimum atomic E-state index is -0.440. The van der Waals surface area contributed by atoms with E-state index >= 15 is 0 Å². The van der Waals surface area contributed by atoms with E-state index in [1.165, 1.54) is 6.07 Å². The van der Waals surface area contributed by atoms with E-state index in [2.05, 4.69) is 5.32 Å². The summed E-state index contributed by atoms with van der Waals surface area (Å²) in [5, 5.41) is 22.7. The van der Waals surface area contributed by atoms with Crippen molar-refractivity contribution in [3.05, 3.63) is 39.4 Å². The maximum atomic E-state index is 10.8. The van der Waals surface area contributed by atoms with Crippen molar-refractivity contribution in [3.63, 3.8) is 0 Å². The molecule has 0 saturated heterocycles. The van der Waals surface area contributed by atoms with Crippen molar-refractivity contribution in [1.82, 2.24) is 5.32 Å². The predicted octanol–water partition coefficient (Wildman–Crippen LogP) is 1.72. The van der Waals surface area contributed by atoms with Crippen molar-refractivity contribution in [3.8, 4) is 6.07 Å². The van der Waals surface area contributed by atoms with Crippen LogP contribution in [0.15, 0.2) is 18.2 Å². The zero-order valence-corrected chi connectivity index (χ0v) is 8.64. The van der Waals surface area contributed by atoms with E-state index in [0.29, 0.717) is 23.7 Å². The zero-order valence-electron chi connectivity index (χ0n) is 8.64. The molecule has 0 spiro atoms. The summed E-state index contributed by atoms with van der Waals surface area (Å²) in [6, 6.07) is 6.99. The number of rotatable bonds is 4. The van der Waals surface area contributed by atoms with Crippen LogP contribution in [0.3, 0.4) is 0 Å². The van der Waals surface area contributed by atoms with Crippen LogP contribution < -0.4 is 5.32 Å². The molecule has 1 aliphatic rings. The lowest BCUT2D eigenvalue weighted by atomic mass is 10.1. The van der Waals surface area contributed by atoms with Gasteiger partial charge in [0.05, 0.1) is 16.6 Å². The van der Waals surface area contributed by atoms with Gasteiger partial charge in [-0.15, -0.1) is 0 Å². The smallest absolute Gasteiger partial charge is 0.275 e. The molecule has 1 aliphatic carbocycles. The lowest BCUT2D eigenvalue weighted by molar-refractivity contribution is -0.385. The van der Waals surface area contributed by atoms with Gasteiger partial charge < -0.3 is 5.32 Å². The summed E-state index contributed by atoms with van der Waals surface area (Å²) in [6.45, 7) is 0.493. The Balaban J connectivity index is 2.21. The van der Waals surface area contributed by atoms with E-state index in [0.717, 1.165) is 12.8 Å². The van der Waals surface area contributed by atoms with Crippen LogP contribution >= 0.6 is 0 Å². The minimum absolute atomic E-state index is 0.0206. The Morgan fingerprint density at radius 1 is 1.56 bits per heavy atom. The monoisotopic (exact) mass is 217 g/mol. The van der Waals surface area contributed by atoms with Gasteiger partial charge in [-0.05, 0) is 25.0 Å². The molecule has 1 fully saturated rings. The van der Waals surface area contributed by atoms with Crippen molar-refractivity contribution >= 4 is 5.69 Å². The second kappa shape index (κ2) is 4.29. The van der Waals surface area contributed by atoms with E-state index < -0.39 is 4.92 Å². The van der Waals surface area contributed by atoms with Gasteiger partial charge in [0.15, 0.2) is 0 Å². The van der Waals surface area contributed by atoms with Gasteiger partial charge in [-0.3, -0.25) is 10.1 Å². The number of hydrogen-bond acceptors (Lipinski definition) is 4. The Bertz CT molecular complexity index is 461. The largest absolute Gasteiger partial charge is 0.310 e. The van der Waals surface area contributed by atoms with Crippen LogP contribution in [0.1, 0.15) is 24.0 Å². The third kappa shape index (κ3) is 2.35. The number of nitrogens with zero attached hydrogens (tertiary/aromatic N) is 2. The molecular weight excluding hydrogens is 206 g/mol. The third-order valence-electron chi connectivity index (χ3n) is 2.57. The van der Waals surface area contributed by atoms with Gasteiger partial charge in [-0.1, -0.05) is 0 Å². The maximum Gasteiger partial charge on any atom is 0.275 e. The summed E-state index contributed by atoms with van der Waals surface area (Å²) in [4.78, 5) is 10.4. The van der Waals surface area contributed by atoms with Gasteiger partial charge in [-0.25, -0.2) is 0 Å². The molecule has 16 heavy (non-hydrogen) atoms. The minimum Gasteiger partial charge on any atom is -0.310 e. The second-order valence-corrected chi connectivity index (χ2v) is 3.87. The molecule has 0 bridgehead atoms. The van der Waals surface area contributed by atoms with Crippen LogP contribution in [-0.2, 0) is 6.54 Å². The van der Waals surface area contributed by atoms with Crippen LogP contribution in [0.25, 0.3) is 0 Å². The molecule has 2 rings (SSSR count). The lowest BCUT2D eigenvalue weighted by Gasteiger charge is -2.04. The molecule has 0 radical (unpaired) electrons. The Hall–Kier alpha value is -1.93. The second-order valence-electron chi connectivity index (χ2n) is 3.87. The summed E-state index contributed by atoms with van der Waals surface area (Å²) in [5.74, 6) is 0. The van der Waals surface area contributed by atoms with Crippen molar-refractivity contribution in [2.24, 2.45) is 0 Å². The average Bonchev–Trinajstić information content (AvgIpc) is 3.09. The summed E-state index contributed by atoms with van der Waals surface area (Å²) in [5.41, 5.74) is 0.977. The fraction of sp³-hybridized carbons (Fsp3) is 0.364. The first-order valence-corrected chi connectivity index (χ1v) is 5.11. The first-order chi connectivity index (χ1) is 7.70. The molecule has 1 saturated carbocycles. The summed E-state index contributed by atoms with van der Waals surface area (Å²) in [6.07, 6.45) is 2.29. The molecule has 1 aromatic carbocycles. The molecular formula is C11H11N3O2. The third-order valence-corrected chi connectivity index (χ3v) is 2.57. The fourth-order valence-electron chi connectivity index (χ4n) is 1.49. The number of nitriles is 1. The first-order valence-electron chi connectivity index (χ1n) is 5.11. The van der Waals surface area contributed by atoms with Gasteiger partial charge in [0.1, 0.15) is 0 Å². The molecule has 1 aromatic rings. The number of hydrogen-bond donors (Lipinski definition) is 1. The fourth-order valence-corrected chi connectivity index (χ4v) is 1.49. The van der Waals surface area contributed by atoms with Crippen molar-refractivity contribution < 1.29 is 4.92 Å². The first kappa shape index (κ1) is 10.6. The summed E-state index contributed by atoms with van der Waals surface area (Å²) in [7, 11) is 0. The quantitative estimate of drug-likeness (QED) is 0.615. The molecule has 0 unspecified atom stereocenters. The van der Waals surface area contributed by atoms with Crippen LogP contribution in [0.2, 0.25) is 0 Å². The average molecular weight is 217 g/mol. The van der Waals surface area contributed by atoms with Crippen LogP contribution in [0, 0.1) is 21.4 Å². The van der Waals surface area contributed by atoms with Crippen molar-refractivity contribution in [1.29, 1.82) is 5.26 Å². The molecule has 1 N–H and O–H groups in total. The van der Waals surface area contributed by atoms with Gasteiger partial charge in [-0.2, -0.15) is 5.26 Å². The molecule has 5 heteroatoms. The number of benzene rings is 1. The zero-order chi connectivity index (χ0) is 11.5. The number of nitrogens with one attached hydrogen (secondary N) is 1. The highest BCUT2D eigenvalue weighted by Crippen LogP contribution is 2.23. The van der Waals surface area contributed by atoms with Crippen LogP contribution in [0.4, 0.5) is 5.69 Å². The summed E-state index contributed by atoms with van der Waals surface area (Å²) >= 11 is 0. The van der Waals surface area contributed by atoms with E-state index in [4.69, 9.17) is 5.26 Å². The molecule has 0 aromatic heterocycles. The Kier molecular flexibility index (Phi) is 2.84.